The Hall–Kier alpha value is -2.45. The van der Waals surface area contributed by atoms with E-state index >= 15 is 0 Å². The molecule has 1 fully saturated rings. The number of aromatic nitrogens is 3. The lowest BCUT2D eigenvalue weighted by molar-refractivity contribution is 0.0621. The van der Waals surface area contributed by atoms with Crippen LogP contribution >= 0.6 is 11.3 Å². The fraction of sp³-hybridized carbons (Fsp3) is 0.450. The topological polar surface area (TPSA) is 78.3 Å². The van der Waals surface area contributed by atoms with E-state index in [1.165, 1.54) is 5.01 Å². The Morgan fingerprint density at radius 1 is 1.29 bits per heavy atom. The van der Waals surface area contributed by atoms with Crippen LogP contribution in [0.1, 0.15) is 42.0 Å². The van der Waals surface area contributed by atoms with Crippen LogP contribution in [0.3, 0.4) is 0 Å². The molecule has 1 aliphatic heterocycles. The number of furan rings is 1. The quantitative estimate of drug-likeness (QED) is 0.728. The average Bonchev–Trinajstić information content (AvgIpc) is 3.41. The van der Waals surface area contributed by atoms with Crippen LogP contribution in [0.2, 0.25) is 0 Å². The maximum Gasteiger partial charge on any atom is 0.274 e. The van der Waals surface area contributed by atoms with Crippen LogP contribution in [0.25, 0.3) is 11.5 Å². The number of hydrogen-bond acceptors (Lipinski definition) is 6. The summed E-state index contributed by atoms with van der Waals surface area (Å²) in [6, 6.07) is 5.39. The van der Waals surface area contributed by atoms with Crippen molar-refractivity contribution < 1.29 is 9.21 Å². The molecule has 1 saturated heterocycles. The number of rotatable bonds is 4. The number of H-pyrrole nitrogens is 1. The summed E-state index contributed by atoms with van der Waals surface area (Å²) in [6.07, 6.45) is 1.60. The standard InChI is InChI=1S/C20H25N5O2S/c1-20(2,3)19-21-14(13-28-19)12-24-6-8-25(9-7-24)18(26)16-11-15(22-23-16)17-5-4-10-27-17/h4-5,10-11,13H,6-9,12H2,1-3H3,(H,22,23). The van der Waals surface area contributed by atoms with Gasteiger partial charge in [0.1, 0.15) is 5.69 Å². The second-order valence-electron chi connectivity index (χ2n) is 8.11. The van der Waals surface area contributed by atoms with Crippen LogP contribution in [-0.2, 0) is 12.0 Å². The third-order valence-corrected chi connectivity index (χ3v) is 6.14. The fourth-order valence-corrected chi connectivity index (χ4v) is 4.11. The summed E-state index contributed by atoms with van der Waals surface area (Å²) in [5.74, 6) is 0.631. The van der Waals surface area contributed by atoms with Gasteiger partial charge in [-0.2, -0.15) is 5.10 Å². The van der Waals surface area contributed by atoms with Crippen LogP contribution in [0, 0.1) is 0 Å². The smallest absolute Gasteiger partial charge is 0.274 e. The normalized spacial score (nSPS) is 15.9. The van der Waals surface area contributed by atoms with Gasteiger partial charge in [-0.1, -0.05) is 20.8 Å². The Kier molecular flexibility index (Phi) is 5.07. The summed E-state index contributed by atoms with van der Waals surface area (Å²) in [6.45, 7) is 10.5. The van der Waals surface area contributed by atoms with E-state index in [-0.39, 0.29) is 11.3 Å². The van der Waals surface area contributed by atoms with Crippen molar-refractivity contribution in [1.29, 1.82) is 0 Å². The number of piperazine rings is 1. The number of nitrogens with zero attached hydrogens (tertiary/aromatic N) is 4. The molecule has 28 heavy (non-hydrogen) atoms. The third kappa shape index (κ3) is 4.02. The number of carbonyl (C=O) groups excluding carboxylic acids is 1. The molecule has 1 amide bonds. The molecule has 4 heterocycles. The van der Waals surface area contributed by atoms with Crippen LogP contribution in [0.15, 0.2) is 34.3 Å². The van der Waals surface area contributed by atoms with E-state index in [0.717, 1.165) is 25.3 Å². The minimum atomic E-state index is -0.0441. The Labute approximate surface area is 168 Å². The zero-order valence-corrected chi connectivity index (χ0v) is 17.3. The molecule has 0 spiro atoms. The third-order valence-electron chi connectivity index (χ3n) is 4.82. The molecule has 1 aliphatic rings. The molecular weight excluding hydrogens is 374 g/mol. The fourth-order valence-electron chi connectivity index (χ4n) is 3.21. The van der Waals surface area contributed by atoms with E-state index < -0.39 is 0 Å². The summed E-state index contributed by atoms with van der Waals surface area (Å²) >= 11 is 1.73. The van der Waals surface area contributed by atoms with Gasteiger partial charge in [-0.3, -0.25) is 14.8 Å². The molecule has 3 aromatic heterocycles. The average molecular weight is 400 g/mol. The SMILES string of the molecule is CC(C)(C)c1nc(CN2CCN(C(=O)c3cc(-c4ccco4)[nH]n3)CC2)cs1. The van der Waals surface area contributed by atoms with E-state index in [4.69, 9.17) is 9.40 Å². The number of hydrogen-bond donors (Lipinski definition) is 1. The van der Waals surface area contributed by atoms with Crippen molar-refractivity contribution >= 4 is 17.2 Å². The predicted octanol–water partition coefficient (Wildman–Crippen LogP) is 3.38. The van der Waals surface area contributed by atoms with E-state index in [2.05, 4.69) is 41.2 Å². The van der Waals surface area contributed by atoms with Gasteiger partial charge in [0.05, 0.1) is 17.0 Å². The second kappa shape index (κ2) is 7.52. The predicted molar refractivity (Wildman–Crippen MR) is 108 cm³/mol. The van der Waals surface area contributed by atoms with Crippen molar-refractivity contribution in [3.63, 3.8) is 0 Å². The number of amides is 1. The van der Waals surface area contributed by atoms with Gasteiger partial charge in [0.15, 0.2) is 11.5 Å². The second-order valence-corrected chi connectivity index (χ2v) is 8.96. The van der Waals surface area contributed by atoms with Crippen LogP contribution in [0.4, 0.5) is 0 Å². The van der Waals surface area contributed by atoms with Gasteiger partial charge < -0.3 is 9.32 Å². The molecule has 0 atom stereocenters. The monoisotopic (exact) mass is 399 g/mol. The molecule has 3 aromatic rings. The van der Waals surface area contributed by atoms with E-state index in [1.54, 1.807) is 23.7 Å². The van der Waals surface area contributed by atoms with Gasteiger partial charge in [0, 0.05) is 49.6 Å². The highest BCUT2D eigenvalue weighted by molar-refractivity contribution is 7.09. The van der Waals surface area contributed by atoms with E-state index in [0.29, 0.717) is 30.2 Å². The van der Waals surface area contributed by atoms with Crippen molar-refractivity contribution in [1.82, 2.24) is 25.0 Å². The Morgan fingerprint density at radius 3 is 2.71 bits per heavy atom. The lowest BCUT2D eigenvalue weighted by atomic mass is 9.98. The summed E-state index contributed by atoms with van der Waals surface area (Å²) in [4.78, 5) is 21.7. The van der Waals surface area contributed by atoms with E-state index in [9.17, 15) is 4.79 Å². The van der Waals surface area contributed by atoms with Gasteiger partial charge in [0.2, 0.25) is 0 Å². The molecule has 0 aliphatic carbocycles. The van der Waals surface area contributed by atoms with Gasteiger partial charge in [-0.25, -0.2) is 4.98 Å². The maximum absolute atomic E-state index is 12.7. The Morgan fingerprint density at radius 2 is 2.07 bits per heavy atom. The number of thiazole rings is 1. The van der Waals surface area contributed by atoms with Crippen LogP contribution in [0.5, 0.6) is 0 Å². The molecule has 8 heteroatoms. The summed E-state index contributed by atoms with van der Waals surface area (Å²) in [7, 11) is 0. The minimum Gasteiger partial charge on any atom is -0.463 e. The first-order valence-electron chi connectivity index (χ1n) is 9.46. The van der Waals surface area contributed by atoms with Crippen molar-refractivity contribution in [2.45, 2.75) is 32.7 Å². The highest BCUT2D eigenvalue weighted by Crippen LogP contribution is 2.26. The number of aromatic amines is 1. The molecule has 148 valence electrons. The lowest BCUT2D eigenvalue weighted by Gasteiger charge is -2.34. The van der Waals surface area contributed by atoms with Crippen molar-refractivity contribution in [3.05, 3.63) is 46.2 Å². The molecule has 0 unspecified atom stereocenters. The summed E-state index contributed by atoms with van der Waals surface area (Å²) in [5.41, 5.74) is 2.34. The highest BCUT2D eigenvalue weighted by atomic mass is 32.1. The van der Waals surface area contributed by atoms with Gasteiger partial charge in [0.25, 0.3) is 5.91 Å². The van der Waals surface area contributed by atoms with Crippen molar-refractivity contribution in [2.75, 3.05) is 26.2 Å². The molecule has 0 radical (unpaired) electrons. The summed E-state index contributed by atoms with van der Waals surface area (Å²) in [5, 5.41) is 10.4. The lowest BCUT2D eigenvalue weighted by Crippen LogP contribution is -2.48. The van der Waals surface area contributed by atoms with Crippen LogP contribution < -0.4 is 0 Å². The first kappa shape index (κ1) is 18.9. The molecule has 0 saturated carbocycles. The molecule has 0 bridgehead atoms. The largest absolute Gasteiger partial charge is 0.463 e. The first-order chi connectivity index (χ1) is 13.4. The molecule has 1 N–H and O–H groups in total. The van der Waals surface area contributed by atoms with Gasteiger partial charge in [-0.15, -0.1) is 11.3 Å². The molecule has 7 nitrogen and oxygen atoms in total. The minimum absolute atomic E-state index is 0.0441. The Bertz CT molecular complexity index is 930. The van der Waals surface area contributed by atoms with Crippen molar-refractivity contribution in [2.24, 2.45) is 0 Å². The van der Waals surface area contributed by atoms with Gasteiger partial charge >= 0.3 is 0 Å². The molecule has 4 rings (SSSR count). The number of nitrogens with one attached hydrogen (secondary N) is 1. The summed E-state index contributed by atoms with van der Waals surface area (Å²) < 4.78 is 5.34. The number of carbonyl (C=O) groups is 1. The Balaban J connectivity index is 1.32. The molecular formula is C20H25N5O2S. The zero-order chi connectivity index (χ0) is 19.7. The van der Waals surface area contributed by atoms with E-state index in [1.807, 2.05) is 17.0 Å². The van der Waals surface area contributed by atoms with Crippen LogP contribution in [-0.4, -0.2) is 57.1 Å². The van der Waals surface area contributed by atoms with Crippen molar-refractivity contribution in [3.8, 4) is 11.5 Å². The zero-order valence-electron chi connectivity index (χ0n) is 16.4. The first-order valence-corrected chi connectivity index (χ1v) is 10.3. The molecule has 0 aromatic carbocycles. The van der Waals surface area contributed by atoms with Gasteiger partial charge in [-0.05, 0) is 12.1 Å². The maximum atomic E-state index is 12.7. The highest BCUT2D eigenvalue weighted by Gasteiger charge is 2.25.